The second kappa shape index (κ2) is 11.0. The zero-order valence-corrected chi connectivity index (χ0v) is 22.3. The molecule has 1 saturated heterocycles. The van der Waals surface area contributed by atoms with Gasteiger partial charge in [-0.05, 0) is 56.6 Å². The molecule has 6 rings (SSSR count). The van der Waals surface area contributed by atoms with Crippen LogP contribution >= 0.6 is 0 Å². The molecule has 3 aromatic rings. The van der Waals surface area contributed by atoms with Crippen molar-refractivity contribution in [1.82, 2.24) is 29.9 Å². The highest BCUT2D eigenvalue weighted by Crippen LogP contribution is 2.48. The fraction of sp³-hybridized carbons (Fsp3) is 0.556. The van der Waals surface area contributed by atoms with E-state index in [1.54, 1.807) is 11.7 Å². The number of nitrogens with zero attached hydrogens (tertiary/aromatic N) is 6. The van der Waals surface area contributed by atoms with Crippen LogP contribution in [-0.4, -0.2) is 66.4 Å². The molecular weight excluding hydrogens is 523 g/mol. The maximum Gasteiger partial charge on any atom is 0.320 e. The summed E-state index contributed by atoms with van der Waals surface area (Å²) in [5, 5.41) is 17.9. The number of hydrogen-bond acceptors (Lipinski definition) is 10. The third-order valence-corrected chi connectivity index (χ3v) is 8.10. The fourth-order valence-electron chi connectivity index (χ4n) is 6.05. The van der Waals surface area contributed by atoms with Crippen LogP contribution in [0.1, 0.15) is 43.5 Å². The maximum atomic E-state index is 14.2. The summed E-state index contributed by atoms with van der Waals surface area (Å²) in [6.07, 6.45) is 4.72. The van der Waals surface area contributed by atoms with Crippen molar-refractivity contribution in [3.63, 3.8) is 0 Å². The number of aliphatic carboxylic acids is 1. The molecule has 0 aromatic carbocycles. The van der Waals surface area contributed by atoms with Crippen LogP contribution in [0.25, 0.3) is 11.4 Å². The van der Waals surface area contributed by atoms with Gasteiger partial charge in [-0.15, -0.1) is 5.10 Å². The van der Waals surface area contributed by atoms with E-state index >= 15 is 0 Å². The van der Waals surface area contributed by atoms with Crippen LogP contribution in [-0.2, 0) is 23.2 Å². The highest BCUT2D eigenvalue weighted by molar-refractivity contribution is 5.71. The molecule has 0 amide bonds. The van der Waals surface area contributed by atoms with E-state index in [0.29, 0.717) is 54.1 Å². The second-order valence-corrected chi connectivity index (χ2v) is 10.6. The summed E-state index contributed by atoms with van der Waals surface area (Å²) in [4.78, 5) is 24.3. The van der Waals surface area contributed by atoms with Gasteiger partial charge >= 0.3 is 12.0 Å². The Labute approximate surface area is 229 Å². The highest BCUT2D eigenvalue weighted by Gasteiger charge is 2.47. The highest BCUT2D eigenvalue weighted by atomic mass is 19.1. The van der Waals surface area contributed by atoms with Gasteiger partial charge in [0.2, 0.25) is 5.82 Å². The number of aryl methyl sites for hydroxylation is 2. The van der Waals surface area contributed by atoms with Crippen molar-refractivity contribution in [2.45, 2.75) is 57.8 Å². The number of hydrogen-bond donors (Lipinski definition) is 1. The predicted molar refractivity (Wildman–Crippen MR) is 136 cm³/mol. The van der Waals surface area contributed by atoms with Gasteiger partial charge in [-0.1, -0.05) is 5.21 Å². The van der Waals surface area contributed by atoms with Crippen molar-refractivity contribution in [2.24, 2.45) is 24.8 Å². The van der Waals surface area contributed by atoms with Gasteiger partial charge in [0.25, 0.3) is 5.88 Å². The summed E-state index contributed by atoms with van der Waals surface area (Å²) in [6, 6.07) is 3.64. The molecule has 3 aromatic heterocycles. The molecule has 2 saturated carbocycles. The summed E-state index contributed by atoms with van der Waals surface area (Å²) < 4.78 is 38.7. The van der Waals surface area contributed by atoms with Crippen molar-refractivity contribution in [1.29, 1.82) is 0 Å². The molecule has 40 heavy (non-hydrogen) atoms. The molecular formula is C27H31FN6O6. The lowest BCUT2D eigenvalue weighted by atomic mass is 9.92. The second-order valence-electron chi connectivity index (χ2n) is 10.6. The van der Waals surface area contributed by atoms with Crippen molar-refractivity contribution in [2.75, 3.05) is 13.2 Å². The van der Waals surface area contributed by atoms with Crippen LogP contribution in [0, 0.1) is 30.5 Å². The summed E-state index contributed by atoms with van der Waals surface area (Å²) >= 11 is 0. The van der Waals surface area contributed by atoms with Gasteiger partial charge in [-0.25, -0.2) is 14.6 Å². The zero-order chi connectivity index (χ0) is 27.8. The molecule has 3 fully saturated rings. The molecule has 1 aliphatic heterocycles. The van der Waals surface area contributed by atoms with Gasteiger partial charge in [0.15, 0.2) is 0 Å². The summed E-state index contributed by atoms with van der Waals surface area (Å²) in [5.41, 5.74) is 2.44. The molecule has 13 heteroatoms. The number of ether oxygens (including phenoxy) is 4. The molecule has 0 bridgehead atoms. The molecule has 5 atom stereocenters. The van der Waals surface area contributed by atoms with Crippen molar-refractivity contribution in [3.05, 3.63) is 35.5 Å². The molecule has 2 aliphatic carbocycles. The van der Waals surface area contributed by atoms with Gasteiger partial charge in [0.05, 0.1) is 42.8 Å². The first kappa shape index (κ1) is 26.4. The Bertz CT molecular complexity index is 1400. The monoisotopic (exact) mass is 554 g/mol. The Morgan fingerprint density at radius 2 is 2.05 bits per heavy atom. The number of carbonyl (C=O) groups is 1. The molecule has 4 heterocycles. The first-order valence-corrected chi connectivity index (χ1v) is 13.5. The minimum absolute atomic E-state index is 0.0187. The molecule has 3 aliphatic rings. The quantitative estimate of drug-likeness (QED) is 0.417. The lowest BCUT2D eigenvalue weighted by molar-refractivity contribution is -0.143. The van der Waals surface area contributed by atoms with Crippen LogP contribution in [0.15, 0.2) is 18.3 Å². The van der Waals surface area contributed by atoms with E-state index in [4.69, 9.17) is 23.9 Å². The van der Waals surface area contributed by atoms with Crippen LogP contribution in [0.2, 0.25) is 0 Å². The summed E-state index contributed by atoms with van der Waals surface area (Å²) in [7, 11) is 1.74. The van der Waals surface area contributed by atoms with Crippen LogP contribution in [0.4, 0.5) is 4.39 Å². The first-order valence-electron chi connectivity index (χ1n) is 13.5. The van der Waals surface area contributed by atoms with Gasteiger partial charge in [0.1, 0.15) is 29.8 Å². The zero-order valence-electron chi connectivity index (χ0n) is 22.3. The Morgan fingerprint density at radius 3 is 2.83 bits per heavy atom. The van der Waals surface area contributed by atoms with E-state index in [-0.39, 0.29) is 42.5 Å². The van der Waals surface area contributed by atoms with E-state index in [0.717, 1.165) is 31.9 Å². The number of rotatable bonds is 9. The van der Waals surface area contributed by atoms with Crippen LogP contribution in [0.3, 0.4) is 0 Å². The van der Waals surface area contributed by atoms with Gasteiger partial charge in [0, 0.05) is 13.5 Å². The molecule has 0 radical (unpaired) electrons. The smallest absolute Gasteiger partial charge is 0.320 e. The summed E-state index contributed by atoms with van der Waals surface area (Å²) in [5.74, 6) is -0.557. The topological polar surface area (TPSA) is 144 Å². The molecule has 0 spiro atoms. The summed E-state index contributed by atoms with van der Waals surface area (Å²) in [6.45, 7) is 2.83. The average molecular weight is 555 g/mol. The van der Waals surface area contributed by atoms with Crippen molar-refractivity contribution < 1.29 is 33.2 Å². The lowest BCUT2D eigenvalue weighted by Gasteiger charge is -2.18. The normalized spacial score (nSPS) is 25.6. The molecule has 1 N–H and O–H groups in total. The van der Waals surface area contributed by atoms with E-state index < -0.39 is 11.8 Å². The van der Waals surface area contributed by atoms with E-state index in [1.807, 2.05) is 19.1 Å². The SMILES string of the molecule is Cc1nc(-c2nnn(C)c2COc2ncc(F)c(O[C@H]3CCOC3)n2)ccc1OC1CC2CCC(C(=O)O)C2C1. The van der Waals surface area contributed by atoms with Gasteiger partial charge in [-0.2, -0.15) is 9.37 Å². The van der Waals surface area contributed by atoms with Crippen molar-refractivity contribution >= 4 is 5.97 Å². The van der Waals surface area contributed by atoms with E-state index in [9.17, 15) is 14.3 Å². The van der Waals surface area contributed by atoms with E-state index in [1.165, 1.54) is 0 Å². The Morgan fingerprint density at radius 1 is 1.18 bits per heavy atom. The van der Waals surface area contributed by atoms with Crippen LogP contribution in [0.5, 0.6) is 17.6 Å². The third-order valence-electron chi connectivity index (χ3n) is 8.10. The Hall–Kier alpha value is -3.87. The molecule has 4 unspecified atom stereocenters. The molecule has 12 nitrogen and oxygen atoms in total. The predicted octanol–water partition coefficient (Wildman–Crippen LogP) is 3.13. The largest absolute Gasteiger partial charge is 0.489 e. The number of carboxylic acid groups (broad SMARTS) is 1. The fourth-order valence-corrected chi connectivity index (χ4v) is 6.05. The lowest BCUT2D eigenvalue weighted by Crippen LogP contribution is -2.21. The number of fused-ring (bicyclic) bond motifs is 1. The first-order chi connectivity index (χ1) is 19.4. The standard InChI is InChI=1S/C27H31FN6O6/c1-14-23(39-17-9-15-3-4-18(26(35)36)19(15)10-17)6-5-21(30-14)24-22(34(2)33-32-24)13-38-27-29-11-20(28)25(31-27)40-16-7-8-37-12-16/h5-6,11,15-19H,3-4,7-10,12-13H2,1-2H3,(H,35,36)/t15?,16-,17?,18?,19?/m0/s1. The van der Waals surface area contributed by atoms with Crippen LogP contribution < -0.4 is 14.2 Å². The minimum atomic E-state index is -0.696. The number of carboxylic acids is 1. The van der Waals surface area contributed by atoms with Gasteiger partial charge < -0.3 is 24.1 Å². The number of halogens is 1. The third kappa shape index (κ3) is 5.29. The Kier molecular flexibility index (Phi) is 7.22. The maximum absolute atomic E-state index is 14.2. The number of pyridine rings is 1. The molecule has 212 valence electrons. The Balaban J connectivity index is 1.12. The minimum Gasteiger partial charge on any atom is -0.489 e. The van der Waals surface area contributed by atoms with E-state index in [2.05, 4.69) is 20.3 Å². The average Bonchev–Trinajstić information content (AvgIpc) is 3.71. The van der Waals surface area contributed by atoms with Gasteiger partial charge in [-0.3, -0.25) is 4.79 Å². The van der Waals surface area contributed by atoms with Crippen molar-refractivity contribution in [3.8, 4) is 29.0 Å². The number of aromatic nitrogens is 6.